The first-order valence-electron chi connectivity index (χ1n) is 10.4. The molecule has 7 heteroatoms. The van der Waals surface area contributed by atoms with Gasteiger partial charge < -0.3 is 29.9 Å². The van der Waals surface area contributed by atoms with E-state index in [1.165, 1.54) is 0 Å². The molecule has 30 heavy (non-hydrogen) atoms. The number of aryl methyl sites for hydroxylation is 1. The molecule has 0 radical (unpaired) electrons. The number of likely N-dealkylation sites (tertiary alicyclic amines) is 1. The molecule has 2 aromatic rings. The Labute approximate surface area is 175 Å². The lowest BCUT2D eigenvalue weighted by Crippen LogP contribution is -2.70. The van der Waals surface area contributed by atoms with Crippen molar-refractivity contribution in [3.8, 4) is 5.75 Å². The smallest absolute Gasteiger partial charge is 0.253 e. The minimum Gasteiger partial charge on any atom is -0.508 e. The summed E-state index contributed by atoms with van der Waals surface area (Å²) in [6.45, 7) is 4.41. The maximum Gasteiger partial charge on any atom is 0.253 e. The van der Waals surface area contributed by atoms with E-state index in [0.717, 1.165) is 28.9 Å². The second-order valence-electron chi connectivity index (χ2n) is 8.87. The lowest BCUT2D eigenvalue weighted by molar-refractivity contribution is -0.133. The number of rotatable bonds is 4. The molecule has 0 amide bonds. The summed E-state index contributed by atoms with van der Waals surface area (Å²) >= 11 is 0. The Kier molecular flexibility index (Phi) is 5.26. The van der Waals surface area contributed by atoms with Crippen molar-refractivity contribution < 1.29 is 20.1 Å². The highest BCUT2D eigenvalue weighted by Crippen LogP contribution is 2.53. The molecule has 0 saturated carbocycles. The summed E-state index contributed by atoms with van der Waals surface area (Å²) in [5, 5.41) is 31.4. The number of piperidine rings is 1. The van der Waals surface area contributed by atoms with Crippen LogP contribution < -0.4 is 5.56 Å². The lowest BCUT2D eigenvalue weighted by atomic mass is 9.53. The van der Waals surface area contributed by atoms with Crippen LogP contribution in [-0.2, 0) is 29.6 Å². The Balaban J connectivity index is 1.90. The van der Waals surface area contributed by atoms with Crippen LogP contribution in [0.1, 0.15) is 41.3 Å². The van der Waals surface area contributed by atoms with Crippen molar-refractivity contribution in [2.75, 3.05) is 20.4 Å². The van der Waals surface area contributed by atoms with Crippen LogP contribution in [0, 0.1) is 6.92 Å². The number of phenols is 1. The average molecular weight is 415 g/mol. The number of aliphatic hydroxyl groups is 2. The Morgan fingerprint density at radius 2 is 2.07 bits per heavy atom. The van der Waals surface area contributed by atoms with Gasteiger partial charge in [-0.1, -0.05) is 6.07 Å². The van der Waals surface area contributed by atoms with E-state index < -0.39 is 17.8 Å². The van der Waals surface area contributed by atoms with E-state index in [-0.39, 0.29) is 24.0 Å². The zero-order chi connectivity index (χ0) is 21.7. The molecular formula is C23H30N2O5. The molecule has 4 rings (SSSR count). The first-order valence-corrected chi connectivity index (χ1v) is 10.4. The number of aromatic amines is 1. The topological polar surface area (TPSA) is 106 Å². The van der Waals surface area contributed by atoms with Gasteiger partial charge in [0, 0.05) is 35.6 Å². The Hall–Kier alpha value is -2.19. The number of nitrogens with zero attached hydrogens (tertiary/aromatic N) is 1. The van der Waals surface area contributed by atoms with E-state index in [4.69, 9.17) is 9.84 Å². The van der Waals surface area contributed by atoms with Gasteiger partial charge in [-0.2, -0.15) is 0 Å². The average Bonchev–Trinajstić information content (AvgIpc) is 2.71. The second-order valence-corrected chi connectivity index (χ2v) is 8.87. The van der Waals surface area contributed by atoms with Gasteiger partial charge in [-0.05, 0) is 68.8 Å². The molecular weight excluding hydrogens is 384 g/mol. The largest absolute Gasteiger partial charge is 0.508 e. The van der Waals surface area contributed by atoms with Gasteiger partial charge in [0.1, 0.15) is 12.5 Å². The van der Waals surface area contributed by atoms with Crippen molar-refractivity contribution in [3.05, 3.63) is 62.6 Å². The normalized spacial score (nSPS) is 28.8. The molecule has 1 aliphatic heterocycles. The first-order chi connectivity index (χ1) is 14.2. The van der Waals surface area contributed by atoms with Gasteiger partial charge in [-0.15, -0.1) is 0 Å². The molecule has 162 valence electrons. The molecule has 4 N–H and O–H groups in total. The van der Waals surface area contributed by atoms with Gasteiger partial charge in [-0.25, -0.2) is 0 Å². The number of nitrogens with one attached hydrogen (secondary N) is 1. The second kappa shape index (κ2) is 7.50. The molecule has 2 aliphatic rings. The summed E-state index contributed by atoms with van der Waals surface area (Å²) < 4.78 is 5.02. The van der Waals surface area contributed by atoms with Crippen LogP contribution in [-0.4, -0.2) is 57.2 Å². The Bertz CT molecular complexity index is 1020. The van der Waals surface area contributed by atoms with Crippen LogP contribution in [0.5, 0.6) is 5.75 Å². The fourth-order valence-corrected chi connectivity index (χ4v) is 5.52. The van der Waals surface area contributed by atoms with Crippen molar-refractivity contribution in [1.82, 2.24) is 9.88 Å². The number of phenolic OH excluding ortho intramolecular Hbond substituents is 1. The van der Waals surface area contributed by atoms with E-state index in [1.807, 2.05) is 27.0 Å². The number of pyridine rings is 1. The SMILES string of the molecule is Cc1ccc(O)cc1[C@]12CCN(C)[C@H](C)[C@]1(O)Cc1cc(COCO)c(=O)[nH]c1C2. The van der Waals surface area contributed by atoms with E-state index in [1.54, 1.807) is 18.2 Å². The number of likely N-dealkylation sites (N-methyl/N-ethyl adjacent to an activating group) is 1. The number of aromatic hydroxyl groups is 1. The van der Waals surface area contributed by atoms with Gasteiger partial charge >= 0.3 is 0 Å². The highest BCUT2D eigenvalue weighted by Gasteiger charge is 2.60. The maximum absolute atomic E-state index is 12.6. The van der Waals surface area contributed by atoms with Crippen molar-refractivity contribution in [2.45, 2.75) is 56.8 Å². The van der Waals surface area contributed by atoms with E-state index in [2.05, 4.69) is 9.88 Å². The van der Waals surface area contributed by atoms with Crippen LogP contribution >= 0.6 is 0 Å². The number of hydrogen-bond acceptors (Lipinski definition) is 6. The monoisotopic (exact) mass is 414 g/mol. The molecule has 1 fully saturated rings. The molecule has 0 unspecified atom stereocenters. The van der Waals surface area contributed by atoms with Crippen LogP contribution in [0.25, 0.3) is 0 Å². The molecule has 1 aromatic carbocycles. The zero-order valence-corrected chi connectivity index (χ0v) is 17.7. The Morgan fingerprint density at radius 3 is 2.80 bits per heavy atom. The predicted octanol–water partition coefficient (Wildman–Crippen LogP) is 1.35. The Morgan fingerprint density at radius 1 is 1.30 bits per heavy atom. The van der Waals surface area contributed by atoms with E-state index >= 15 is 0 Å². The van der Waals surface area contributed by atoms with E-state index in [0.29, 0.717) is 24.8 Å². The zero-order valence-electron chi connectivity index (χ0n) is 17.7. The van der Waals surface area contributed by atoms with Crippen molar-refractivity contribution in [2.24, 2.45) is 0 Å². The van der Waals surface area contributed by atoms with Crippen LogP contribution in [0.4, 0.5) is 0 Å². The highest BCUT2D eigenvalue weighted by atomic mass is 16.6. The molecule has 7 nitrogen and oxygen atoms in total. The fraction of sp³-hybridized carbons (Fsp3) is 0.522. The van der Waals surface area contributed by atoms with Crippen molar-refractivity contribution >= 4 is 0 Å². The van der Waals surface area contributed by atoms with Crippen LogP contribution in [0.2, 0.25) is 0 Å². The summed E-state index contributed by atoms with van der Waals surface area (Å²) in [5.41, 5.74) is 2.15. The predicted molar refractivity (Wildman–Crippen MR) is 113 cm³/mol. The van der Waals surface area contributed by atoms with Crippen LogP contribution in [0.3, 0.4) is 0 Å². The van der Waals surface area contributed by atoms with Crippen molar-refractivity contribution in [1.29, 1.82) is 0 Å². The molecule has 2 heterocycles. The van der Waals surface area contributed by atoms with E-state index in [9.17, 15) is 15.0 Å². The minimum atomic E-state index is -1.08. The minimum absolute atomic E-state index is 0.0177. The summed E-state index contributed by atoms with van der Waals surface area (Å²) in [7, 11) is 2.02. The third-order valence-electron chi connectivity index (χ3n) is 7.39. The summed E-state index contributed by atoms with van der Waals surface area (Å²) in [6.07, 6.45) is 1.58. The van der Waals surface area contributed by atoms with Crippen LogP contribution in [0.15, 0.2) is 29.1 Å². The van der Waals surface area contributed by atoms with Gasteiger partial charge in [0.05, 0.1) is 12.2 Å². The van der Waals surface area contributed by atoms with Gasteiger partial charge in [0.2, 0.25) is 0 Å². The third-order valence-corrected chi connectivity index (χ3v) is 7.39. The van der Waals surface area contributed by atoms with Crippen molar-refractivity contribution in [3.63, 3.8) is 0 Å². The number of fused-ring (bicyclic) bond motifs is 2. The molecule has 0 spiro atoms. The fourth-order valence-electron chi connectivity index (χ4n) is 5.52. The number of H-pyrrole nitrogens is 1. The maximum atomic E-state index is 12.6. The number of ether oxygens (including phenoxy) is 1. The summed E-state index contributed by atoms with van der Waals surface area (Å²) in [5.74, 6) is 0.176. The number of aliphatic hydroxyl groups excluding tert-OH is 1. The molecule has 1 aromatic heterocycles. The first kappa shape index (κ1) is 21.1. The lowest BCUT2D eigenvalue weighted by Gasteiger charge is -2.59. The van der Waals surface area contributed by atoms with Gasteiger partial charge in [-0.3, -0.25) is 4.79 Å². The standard InChI is InChI=1S/C23H30N2O5/c1-14-4-5-18(27)9-19(14)22-6-7-25(3)15(2)23(22,29)10-16-8-17(12-30-13-26)21(28)24-20(16)11-22/h4-5,8-9,15,26-27,29H,6-7,10-13H2,1-3H3,(H,24,28)/t15-,22-,23-/m1/s1. The molecule has 3 atom stereocenters. The summed E-state index contributed by atoms with van der Waals surface area (Å²) in [6, 6.07) is 6.99. The number of benzene rings is 1. The number of hydrogen-bond donors (Lipinski definition) is 4. The third kappa shape index (κ3) is 3.08. The molecule has 0 bridgehead atoms. The highest BCUT2D eigenvalue weighted by molar-refractivity contribution is 5.48. The molecule has 1 saturated heterocycles. The summed E-state index contributed by atoms with van der Waals surface area (Å²) in [4.78, 5) is 17.8. The molecule has 1 aliphatic carbocycles. The van der Waals surface area contributed by atoms with Gasteiger partial charge in [0.15, 0.2) is 0 Å². The number of aromatic nitrogens is 1. The van der Waals surface area contributed by atoms with Gasteiger partial charge in [0.25, 0.3) is 5.56 Å². The quantitative estimate of drug-likeness (QED) is 0.563.